The molecule has 0 aliphatic rings. The van der Waals surface area contributed by atoms with Crippen LogP contribution in [-0.4, -0.2) is 27.7 Å². The Morgan fingerprint density at radius 2 is 1.95 bits per heavy atom. The topological polar surface area (TPSA) is 79.3 Å². The fraction of sp³-hybridized carbons (Fsp3) is 0.133. The molecule has 0 aliphatic carbocycles. The van der Waals surface area contributed by atoms with Crippen molar-refractivity contribution in [1.29, 1.82) is 0 Å². The fourth-order valence-corrected chi connectivity index (χ4v) is 2.37. The van der Waals surface area contributed by atoms with Gasteiger partial charge in [-0.3, -0.25) is 4.79 Å². The number of carboxylic acids is 1. The molecule has 0 atom stereocenters. The average molecular weight is 302 g/mol. The predicted octanol–water partition coefficient (Wildman–Crippen LogP) is 2.19. The summed E-state index contributed by atoms with van der Waals surface area (Å²) in [6.45, 7) is 0.483. The van der Waals surface area contributed by atoms with Gasteiger partial charge in [0.25, 0.3) is 0 Å². The molecule has 21 heavy (non-hydrogen) atoms. The maximum atomic E-state index is 11.7. The third-order valence-corrected chi connectivity index (χ3v) is 3.65. The lowest BCUT2D eigenvalue weighted by molar-refractivity contribution is -0.118. The van der Waals surface area contributed by atoms with Crippen LogP contribution in [-0.2, 0) is 11.3 Å². The minimum Gasteiger partial charge on any atom is -0.477 e. The van der Waals surface area contributed by atoms with Crippen LogP contribution in [0.4, 0.5) is 0 Å². The first-order valence-electron chi connectivity index (χ1n) is 6.28. The number of nitrogens with one attached hydrogen (secondary N) is 1. The van der Waals surface area contributed by atoms with Crippen molar-refractivity contribution in [3.8, 4) is 0 Å². The number of nitrogens with zero attached hydrogens (tertiary/aromatic N) is 1. The second-order valence-electron chi connectivity index (χ2n) is 4.23. The highest BCUT2D eigenvalue weighted by molar-refractivity contribution is 8.00. The minimum atomic E-state index is -1.08. The highest BCUT2D eigenvalue weighted by Gasteiger charge is 2.07. The molecule has 108 valence electrons. The maximum Gasteiger partial charge on any atom is 0.354 e. The summed E-state index contributed by atoms with van der Waals surface area (Å²) >= 11 is 1.28. The van der Waals surface area contributed by atoms with Crippen molar-refractivity contribution in [3.05, 3.63) is 59.9 Å². The first-order valence-corrected chi connectivity index (χ1v) is 7.26. The number of carbonyl (C=O) groups is 2. The van der Waals surface area contributed by atoms with E-state index in [1.807, 2.05) is 30.3 Å². The van der Waals surface area contributed by atoms with E-state index in [2.05, 4.69) is 10.3 Å². The van der Waals surface area contributed by atoms with E-state index in [1.165, 1.54) is 24.0 Å². The second-order valence-corrected chi connectivity index (χ2v) is 5.28. The summed E-state index contributed by atoms with van der Waals surface area (Å²) in [7, 11) is 0. The van der Waals surface area contributed by atoms with Gasteiger partial charge in [-0.1, -0.05) is 30.3 Å². The zero-order valence-electron chi connectivity index (χ0n) is 11.2. The highest BCUT2D eigenvalue weighted by Crippen LogP contribution is 2.17. The average Bonchev–Trinajstić information content (AvgIpc) is 2.52. The molecule has 0 radical (unpaired) electrons. The number of carbonyl (C=O) groups excluding carboxylic acids is 1. The van der Waals surface area contributed by atoms with E-state index in [0.717, 1.165) is 5.56 Å². The van der Waals surface area contributed by atoms with Crippen molar-refractivity contribution >= 4 is 23.6 Å². The molecule has 6 heteroatoms. The number of hydrogen-bond donors (Lipinski definition) is 2. The predicted molar refractivity (Wildman–Crippen MR) is 80.2 cm³/mol. The number of hydrogen-bond acceptors (Lipinski definition) is 4. The summed E-state index contributed by atoms with van der Waals surface area (Å²) < 4.78 is 0. The van der Waals surface area contributed by atoms with Crippen LogP contribution in [0.3, 0.4) is 0 Å². The second kappa shape index (κ2) is 7.44. The molecule has 0 unspecified atom stereocenters. The third kappa shape index (κ3) is 4.92. The summed E-state index contributed by atoms with van der Waals surface area (Å²) in [6, 6.07) is 12.8. The van der Waals surface area contributed by atoms with Gasteiger partial charge in [0.15, 0.2) is 0 Å². The molecule has 1 amide bonds. The smallest absolute Gasteiger partial charge is 0.354 e. The summed E-state index contributed by atoms with van der Waals surface area (Å²) in [5.41, 5.74) is 1.01. The van der Waals surface area contributed by atoms with E-state index in [9.17, 15) is 9.59 Å². The van der Waals surface area contributed by atoms with Crippen molar-refractivity contribution in [2.45, 2.75) is 11.4 Å². The quantitative estimate of drug-likeness (QED) is 0.800. The number of carboxylic acid groups (broad SMARTS) is 1. The Kier molecular flexibility index (Phi) is 5.34. The van der Waals surface area contributed by atoms with Crippen molar-refractivity contribution in [2.24, 2.45) is 0 Å². The molecule has 2 aromatic rings. The third-order valence-electron chi connectivity index (χ3n) is 2.65. The zero-order chi connectivity index (χ0) is 15.1. The van der Waals surface area contributed by atoms with E-state index < -0.39 is 5.97 Å². The molecule has 1 heterocycles. The van der Waals surface area contributed by atoms with Gasteiger partial charge in [0.1, 0.15) is 5.69 Å². The van der Waals surface area contributed by atoms with Crippen molar-refractivity contribution < 1.29 is 14.7 Å². The van der Waals surface area contributed by atoms with Crippen LogP contribution in [0.25, 0.3) is 0 Å². The van der Waals surface area contributed by atoms with Gasteiger partial charge in [0, 0.05) is 17.6 Å². The molecule has 5 nitrogen and oxygen atoms in total. The summed E-state index contributed by atoms with van der Waals surface area (Å²) in [5, 5.41) is 11.7. The standard InChI is InChI=1S/C15H14N2O3S/c18-14(17-9-11-4-2-1-3-5-11)10-21-12-6-7-16-13(8-12)15(19)20/h1-8H,9-10H2,(H,17,18)(H,19,20). The molecule has 1 aromatic carbocycles. The molecule has 0 aliphatic heterocycles. The van der Waals surface area contributed by atoms with Crippen LogP contribution in [0.2, 0.25) is 0 Å². The Morgan fingerprint density at radius 3 is 2.67 bits per heavy atom. The number of aromatic carboxylic acids is 1. The maximum absolute atomic E-state index is 11.7. The largest absolute Gasteiger partial charge is 0.477 e. The molecule has 2 rings (SSSR count). The Labute approximate surface area is 126 Å². The summed E-state index contributed by atoms with van der Waals surface area (Å²) in [5.74, 6) is -0.945. The van der Waals surface area contributed by atoms with Crippen LogP contribution >= 0.6 is 11.8 Å². The van der Waals surface area contributed by atoms with Gasteiger partial charge in [0.2, 0.25) is 5.91 Å². The van der Waals surface area contributed by atoms with Gasteiger partial charge in [-0.25, -0.2) is 9.78 Å². The summed E-state index contributed by atoms with van der Waals surface area (Å²) in [6.07, 6.45) is 1.42. The number of pyridine rings is 1. The van der Waals surface area contributed by atoms with Gasteiger partial charge in [-0.05, 0) is 17.7 Å². The van der Waals surface area contributed by atoms with Crippen LogP contribution in [0, 0.1) is 0 Å². The summed E-state index contributed by atoms with van der Waals surface area (Å²) in [4.78, 5) is 27.0. The van der Waals surface area contributed by atoms with Gasteiger partial charge >= 0.3 is 5.97 Å². The van der Waals surface area contributed by atoms with E-state index in [0.29, 0.717) is 11.4 Å². The lowest BCUT2D eigenvalue weighted by Crippen LogP contribution is -2.24. The Hall–Kier alpha value is -2.34. The van der Waals surface area contributed by atoms with Crippen LogP contribution in [0.15, 0.2) is 53.6 Å². The number of thioether (sulfide) groups is 1. The van der Waals surface area contributed by atoms with Crippen LogP contribution in [0.5, 0.6) is 0 Å². The van der Waals surface area contributed by atoms with Crippen molar-refractivity contribution in [2.75, 3.05) is 5.75 Å². The normalized spacial score (nSPS) is 10.1. The fourth-order valence-electron chi connectivity index (χ4n) is 1.61. The highest BCUT2D eigenvalue weighted by atomic mass is 32.2. The number of amides is 1. The monoisotopic (exact) mass is 302 g/mol. The first kappa shape index (κ1) is 15.1. The Morgan fingerprint density at radius 1 is 1.19 bits per heavy atom. The molecular formula is C15H14N2O3S. The van der Waals surface area contributed by atoms with Crippen LogP contribution in [0.1, 0.15) is 16.1 Å². The number of rotatable bonds is 6. The Balaban J connectivity index is 1.81. The van der Waals surface area contributed by atoms with E-state index in [4.69, 9.17) is 5.11 Å². The molecule has 0 spiro atoms. The zero-order valence-corrected chi connectivity index (χ0v) is 12.0. The van der Waals surface area contributed by atoms with Crippen molar-refractivity contribution in [3.63, 3.8) is 0 Å². The van der Waals surface area contributed by atoms with Crippen molar-refractivity contribution in [1.82, 2.24) is 10.3 Å². The molecule has 0 fully saturated rings. The van der Waals surface area contributed by atoms with E-state index in [1.54, 1.807) is 6.07 Å². The van der Waals surface area contributed by atoms with E-state index >= 15 is 0 Å². The Bertz CT molecular complexity index is 632. The lowest BCUT2D eigenvalue weighted by atomic mass is 10.2. The number of benzene rings is 1. The minimum absolute atomic E-state index is 0.0234. The van der Waals surface area contributed by atoms with Gasteiger partial charge < -0.3 is 10.4 Å². The van der Waals surface area contributed by atoms with Gasteiger partial charge in [-0.15, -0.1) is 11.8 Å². The lowest BCUT2D eigenvalue weighted by Gasteiger charge is -2.05. The SMILES string of the molecule is O=C(CSc1ccnc(C(=O)O)c1)NCc1ccccc1. The number of aromatic nitrogens is 1. The molecule has 1 aromatic heterocycles. The van der Waals surface area contributed by atoms with Gasteiger partial charge in [-0.2, -0.15) is 0 Å². The first-order chi connectivity index (χ1) is 10.1. The molecular weight excluding hydrogens is 288 g/mol. The molecule has 0 saturated carbocycles. The molecule has 2 N–H and O–H groups in total. The molecule has 0 bridgehead atoms. The molecule has 0 saturated heterocycles. The van der Waals surface area contributed by atoms with Crippen LogP contribution < -0.4 is 5.32 Å². The van der Waals surface area contributed by atoms with E-state index in [-0.39, 0.29) is 17.4 Å². The van der Waals surface area contributed by atoms with Gasteiger partial charge in [0.05, 0.1) is 5.75 Å².